The van der Waals surface area contributed by atoms with Crippen molar-refractivity contribution in [2.75, 3.05) is 0 Å². The molecular weight excluding hydrogens is 665 g/mol. The Kier molecular flexibility index (Phi) is 8.51. The van der Waals surface area contributed by atoms with Crippen molar-refractivity contribution >= 4 is 44.8 Å². The van der Waals surface area contributed by atoms with Crippen LogP contribution in [-0.4, -0.2) is 18.0 Å². The van der Waals surface area contributed by atoms with Crippen molar-refractivity contribution < 1.29 is 20.1 Å². The minimum Gasteiger partial charge on any atom is -0.305 e. The van der Waals surface area contributed by atoms with Gasteiger partial charge in [0, 0.05) is 37.2 Å². The number of pyridine rings is 2. The van der Waals surface area contributed by atoms with E-state index in [9.17, 15) is 0 Å². The monoisotopic (exact) mass is 693 g/mol. The molecule has 187 valence electrons. The maximum absolute atomic E-state index is 4.62. The Bertz CT molecular complexity index is 1570. The number of aryl methyl sites for hydroxylation is 1. The van der Waals surface area contributed by atoms with Gasteiger partial charge in [0.1, 0.15) is 0 Å². The first-order valence-electron chi connectivity index (χ1n) is 12.1. The summed E-state index contributed by atoms with van der Waals surface area (Å²) in [5.41, 5.74) is 5.32. The Morgan fingerprint density at radius 3 is 2.27 bits per heavy atom. The van der Waals surface area contributed by atoms with Crippen LogP contribution in [0.5, 0.6) is 0 Å². The van der Waals surface area contributed by atoms with E-state index in [4.69, 9.17) is 0 Å². The first kappa shape index (κ1) is 27.1. The van der Waals surface area contributed by atoms with E-state index in [0.717, 1.165) is 22.5 Å². The molecule has 3 aromatic carbocycles. The molecule has 0 fully saturated rings. The molecule has 0 atom stereocenters. The predicted molar refractivity (Wildman–Crippen MR) is 158 cm³/mol. The number of benzene rings is 3. The summed E-state index contributed by atoms with van der Waals surface area (Å²) in [6, 6.07) is 35.5. The van der Waals surface area contributed by atoms with Gasteiger partial charge in [-0.2, -0.15) is 11.3 Å². The maximum atomic E-state index is 4.62. The van der Waals surface area contributed by atoms with E-state index in [0.29, 0.717) is 0 Å². The van der Waals surface area contributed by atoms with Crippen LogP contribution < -0.4 is 5.19 Å². The summed E-state index contributed by atoms with van der Waals surface area (Å²) < 4.78 is 2.67. The van der Waals surface area contributed by atoms with Crippen LogP contribution in [-0.2, 0) is 20.1 Å². The number of hydrogen-bond donors (Lipinski definition) is 0. The molecule has 5 heteroatoms. The Balaban J connectivity index is 0.000000208. The standard InChI is InChI=1S/C21H20NSSi.C11H8N.Ir/c1-14-11-12-17(22-13-14)15-7-5-8-16-20-18(23-21(15)16)9-6-10-19(20)24(2,3)4;1-2-6-10(7-3-1)11-8-4-5-9-12-11;/h5-6,8-13H,1-4H3;1-6,8-9H;/q2*-1;. The SMILES string of the molecule is Cc1ccc(-c2[c-]ccc3c2sc2cccc([Si](C)(C)C)c23)nc1.[Ir].[c-]1ccccc1-c1ccccn1. The first-order valence-corrected chi connectivity index (χ1v) is 16.4. The number of rotatable bonds is 3. The van der Waals surface area contributed by atoms with Gasteiger partial charge in [-0.05, 0) is 46.1 Å². The zero-order chi connectivity index (χ0) is 25.1. The first-order chi connectivity index (χ1) is 17.4. The van der Waals surface area contributed by atoms with Gasteiger partial charge in [0.2, 0.25) is 0 Å². The van der Waals surface area contributed by atoms with Crippen LogP contribution in [0.15, 0.2) is 97.3 Å². The molecule has 3 aromatic heterocycles. The van der Waals surface area contributed by atoms with Crippen LogP contribution in [0, 0.1) is 19.1 Å². The van der Waals surface area contributed by atoms with Crippen molar-refractivity contribution in [1.82, 2.24) is 9.97 Å². The molecular formula is C32H28IrN2SSi-2. The summed E-state index contributed by atoms with van der Waals surface area (Å²) >= 11 is 1.87. The average molecular weight is 693 g/mol. The van der Waals surface area contributed by atoms with Gasteiger partial charge >= 0.3 is 0 Å². The number of thiophene rings is 1. The summed E-state index contributed by atoms with van der Waals surface area (Å²) in [6.45, 7) is 9.33. The van der Waals surface area contributed by atoms with E-state index < -0.39 is 8.07 Å². The van der Waals surface area contributed by atoms with Gasteiger partial charge in [0.15, 0.2) is 0 Å². The third-order valence-corrected chi connectivity index (χ3v) is 9.30. The van der Waals surface area contributed by atoms with Crippen LogP contribution in [0.2, 0.25) is 19.6 Å². The number of aromatic nitrogens is 2. The molecule has 1 radical (unpaired) electrons. The van der Waals surface area contributed by atoms with Crippen LogP contribution in [0.25, 0.3) is 42.7 Å². The van der Waals surface area contributed by atoms with Crippen molar-refractivity contribution in [3.63, 3.8) is 0 Å². The molecule has 0 spiro atoms. The van der Waals surface area contributed by atoms with Crippen LogP contribution in [0.1, 0.15) is 5.56 Å². The fraction of sp³-hybridized carbons (Fsp3) is 0.125. The molecule has 0 aliphatic rings. The van der Waals surface area contributed by atoms with Crippen molar-refractivity contribution in [3.05, 3.63) is 115 Å². The molecule has 0 saturated carbocycles. The van der Waals surface area contributed by atoms with Crippen molar-refractivity contribution in [2.24, 2.45) is 0 Å². The molecule has 0 aliphatic carbocycles. The van der Waals surface area contributed by atoms with E-state index in [1.807, 2.05) is 66.1 Å². The maximum Gasteiger partial charge on any atom is 0.0783 e. The number of hydrogen-bond acceptors (Lipinski definition) is 3. The number of fused-ring (bicyclic) bond motifs is 3. The molecule has 3 heterocycles. The largest absolute Gasteiger partial charge is 0.305 e. The molecule has 6 aromatic rings. The molecule has 0 aliphatic heterocycles. The molecule has 0 N–H and O–H groups in total. The minimum absolute atomic E-state index is 0. The minimum atomic E-state index is -1.40. The molecule has 0 bridgehead atoms. The summed E-state index contributed by atoms with van der Waals surface area (Å²) in [6.07, 6.45) is 3.72. The van der Waals surface area contributed by atoms with E-state index in [1.165, 1.54) is 25.7 Å². The second kappa shape index (κ2) is 11.6. The fourth-order valence-electron chi connectivity index (χ4n) is 4.30. The summed E-state index contributed by atoms with van der Waals surface area (Å²) in [7, 11) is -1.40. The summed E-state index contributed by atoms with van der Waals surface area (Å²) in [5, 5.41) is 4.34. The van der Waals surface area contributed by atoms with Crippen LogP contribution >= 0.6 is 11.3 Å². The normalized spacial score (nSPS) is 11.0. The molecule has 2 nitrogen and oxygen atoms in total. The molecule has 0 amide bonds. The Hall–Kier alpha value is -2.95. The van der Waals surface area contributed by atoms with Crippen molar-refractivity contribution in [1.29, 1.82) is 0 Å². The van der Waals surface area contributed by atoms with Gasteiger partial charge in [0.25, 0.3) is 0 Å². The van der Waals surface area contributed by atoms with E-state index in [2.05, 4.69) is 85.1 Å². The Labute approximate surface area is 237 Å². The third-order valence-electron chi connectivity index (χ3n) is 6.08. The van der Waals surface area contributed by atoms with Crippen LogP contribution in [0.4, 0.5) is 0 Å². The fourth-order valence-corrected chi connectivity index (χ4v) is 7.24. The van der Waals surface area contributed by atoms with Gasteiger partial charge in [-0.15, -0.1) is 59.7 Å². The van der Waals surface area contributed by atoms with Crippen molar-refractivity contribution in [3.8, 4) is 22.5 Å². The van der Waals surface area contributed by atoms with Crippen molar-refractivity contribution in [2.45, 2.75) is 26.6 Å². The molecule has 0 saturated heterocycles. The predicted octanol–water partition coefficient (Wildman–Crippen LogP) is 8.32. The van der Waals surface area contributed by atoms with E-state index in [-0.39, 0.29) is 20.1 Å². The number of nitrogens with zero attached hydrogens (tertiary/aromatic N) is 2. The summed E-state index contributed by atoms with van der Waals surface area (Å²) in [4.78, 5) is 8.84. The van der Waals surface area contributed by atoms with E-state index >= 15 is 0 Å². The second-order valence-electron chi connectivity index (χ2n) is 9.84. The van der Waals surface area contributed by atoms with Crippen LogP contribution in [0.3, 0.4) is 0 Å². The van der Waals surface area contributed by atoms with Gasteiger partial charge in [-0.1, -0.05) is 66.6 Å². The zero-order valence-electron chi connectivity index (χ0n) is 21.4. The average Bonchev–Trinajstić information content (AvgIpc) is 3.29. The quantitative estimate of drug-likeness (QED) is 0.138. The Morgan fingerprint density at radius 1 is 0.757 bits per heavy atom. The van der Waals surface area contributed by atoms with Gasteiger partial charge in [-0.3, -0.25) is 0 Å². The molecule has 0 unspecified atom stereocenters. The molecule has 37 heavy (non-hydrogen) atoms. The van der Waals surface area contributed by atoms with E-state index in [1.54, 1.807) is 11.4 Å². The topological polar surface area (TPSA) is 25.8 Å². The van der Waals surface area contributed by atoms with Gasteiger partial charge in [-0.25, -0.2) is 0 Å². The smallest absolute Gasteiger partial charge is 0.0783 e. The third kappa shape index (κ3) is 5.97. The summed E-state index contributed by atoms with van der Waals surface area (Å²) in [5.74, 6) is 0. The van der Waals surface area contributed by atoms with Gasteiger partial charge < -0.3 is 9.97 Å². The zero-order valence-corrected chi connectivity index (χ0v) is 25.6. The Morgan fingerprint density at radius 2 is 1.59 bits per heavy atom. The molecule has 6 rings (SSSR count). The van der Waals surface area contributed by atoms with Gasteiger partial charge in [0.05, 0.1) is 8.07 Å². The second-order valence-corrected chi connectivity index (χ2v) is 15.9.